The Labute approximate surface area is 212 Å². The van der Waals surface area contributed by atoms with Gasteiger partial charge in [0.1, 0.15) is 4.70 Å². The monoisotopic (exact) mass is 487 g/mol. The number of rotatable bonds is 3. The summed E-state index contributed by atoms with van der Waals surface area (Å²) >= 11 is 1.97. The maximum Gasteiger partial charge on any atom is 0.206 e. The predicted molar refractivity (Wildman–Crippen MR) is 159 cm³/mol. The number of hydrogen-bond acceptors (Lipinski definition) is 1. The molecule has 0 nitrogen and oxygen atoms in total. The molecule has 0 fully saturated rings. The summed E-state index contributed by atoms with van der Waals surface area (Å²) in [5.41, 5.74) is 1.62. The molecular formula is C33H27S2+. The van der Waals surface area contributed by atoms with E-state index in [1.807, 2.05) is 11.3 Å². The van der Waals surface area contributed by atoms with Crippen LogP contribution >= 0.6 is 21.8 Å². The van der Waals surface area contributed by atoms with Crippen molar-refractivity contribution in [2.45, 2.75) is 32.6 Å². The molecule has 0 aliphatic heterocycles. The first-order valence-corrected chi connectivity index (χ1v) is 14.4. The zero-order valence-corrected chi connectivity index (χ0v) is 21.9. The van der Waals surface area contributed by atoms with Gasteiger partial charge < -0.3 is 0 Å². The Morgan fingerprint density at radius 3 is 1.89 bits per heavy atom. The molecule has 2 heteroatoms. The van der Waals surface area contributed by atoms with Gasteiger partial charge in [-0.1, -0.05) is 81.4 Å². The van der Waals surface area contributed by atoms with Gasteiger partial charge in [-0.05, 0) is 69.3 Å². The first-order valence-electron chi connectivity index (χ1n) is 12.4. The van der Waals surface area contributed by atoms with Gasteiger partial charge >= 0.3 is 0 Å². The topological polar surface area (TPSA) is 0 Å². The smallest absolute Gasteiger partial charge is 0.129 e. The van der Waals surface area contributed by atoms with E-state index in [9.17, 15) is 0 Å². The summed E-state index contributed by atoms with van der Waals surface area (Å²) in [6.45, 7) is 6.97. The number of benzene rings is 5. The van der Waals surface area contributed by atoms with E-state index in [0.29, 0.717) is 0 Å². The molecular weight excluding hydrogens is 460 g/mol. The molecule has 0 aliphatic carbocycles. The molecule has 1 atom stereocenters. The molecule has 170 valence electrons. The normalized spacial score (nSPS) is 13.1. The van der Waals surface area contributed by atoms with Crippen molar-refractivity contribution in [3.05, 3.63) is 103 Å². The second kappa shape index (κ2) is 7.65. The first kappa shape index (κ1) is 21.1. The van der Waals surface area contributed by atoms with Crippen LogP contribution in [-0.2, 0) is 5.41 Å². The minimum Gasteiger partial charge on any atom is -0.129 e. The number of hydrogen-bond donors (Lipinski definition) is 0. The van der Waals surface area contributed by atoms with Crippen LogP contribution in [0.25, 0.3) is 56.0 Å². The maximum atomic E-state index is 2.46. The van der Waals surface area contributed by atoms with E-state index < -0.39 is 0 Å². The molecule has 35 heavy (non-hydrogen) atoms. The molecule has 0 amide bonds. The van der Waals surface area contributed by atoms with Gasteiger partial charge in [-0.3, -0.25) is 0 Å². The van der Waals surface area contributed by atoms with E-state index in [4.69, 9.17) is 0 Å². The third kappa shape index (κ3) is 3.17. The summed E-state index contributed by atoms with van der Waals surface area (Å²) in [6, 6.07) is 36.8. The van der Waals surface area contributed by atoms with Crippen LogP contribution in [0, 0.1) is 0 Å². The van der Waals surface area contributed by atoms with Gasteiger partial charge in [0, 0.05) is 21.2 Å². The fraction of sp³-hybridized carbons (Fsp3) is 0.152. The molecule has 7 rings (SSSR count). The molecule has 0 saturated carbocycles. The van der Waals surface area contributed by atoms with E-state index in [1.54, 1.807) is 0 Å². The van der Waals surface area contributed by atoms with Crippen LogP contribution in [0.3, 0.4) is 0 Å². The van der Waals surface area contributed by atoms with Gasteiger partial charge in [0.05, 0.1) is 10.8 Å². The molecule has 0 saturated heterocycles. The first-order chi connectivity index (χ1) is 17.0. The molecule has 5 aromatic carbocycles. The molecule has 1 unspecified atom stereocenters. The molecule has 0 aliphatic rings. The molecule has 0 N–H and O–H groups in total. The molecule has 0 spiro atoms. The van der Waals surface area contributed by atoms with E-state index in [1.165, 1.54) is 61.6 Å². The highest BCUT2D eigenvalue weighted by atomic mass is 32.2. The average molecular weight is 488 g/mol. The Morgan fingerprint density at radius 2 is 1.26 bits per heavy atom. The lowest BCUT2D eigenvalue weighted by atomic mass is 9.82. The lowest BCUT2D eigenvalue weighted by Gasteiger charge is -2.22. The Kier molecular flexibility index (Phi) is 4.61. The van der Waals surface area contributed by atoms with Crippen molar-refractivity contribution in [3.8, 4) is 4.90 Å². The lowest BCUT2D eigenvalue weighted by molar-refractivity contribution is 0.506. The van der Waals surface area contributed by atoms with Crippen molar-refractivity contribution in [3.63, 3.8) is 0 Å². The zero-order chi connectivity index (χ0) is 23.7. The van der Waals surface area contributed by atoms with Crippen molar-refractivity contribution >= 4 is 72.9 Å². The standard InChI is InChI=1S/C33H27S2/c1-4-33(2,3)25-13-15-26(16-14-25)35-30-20-24-12-8-6-10-22(24)18-28(30)31-32(35)27-17-21-9-5-7-11-23(21)19-29(27)34-31/h5-20H,4H2,1-3H3/q+1. The Bertz CT molecular complexity index is 1880. The van der Waals surface area contributed by atoms with Gasteiger partial charge in [0.2, 0.25) is 4.70 Å². The Hall–Kier alpha value is -3.20. The molecule has 2 aromatic heterocycles. The van der Waals surface area contributed by atoms with Crippen LogP contribution in [0.4, 0.5) is 0 Å². The van der Waals surface area contributed by atoms with Gasteiger partial charge in [-0.25, -0.2) is 0 Å². The number of thiophene rings is 2. The van der Waals surface area contributed by atoms with Crippen LogP contribution < -0.4 is 0 Å². The van der Waals surface area contributed by atoms with E-state index >= 15 is 0 Å². The Balaban J connectivity index is 1.61. The fourth-order valence-corrected chi connectivity index (χ4v) is 9.40. The summed E-state index contributed by atoms with van der Waals surface area (Å²) in [5.74, 6) is 0. The van der Waals surface area contributed by atoms with Gasteiger partial charge in [0.25, 0.3) is 0 Å². The van der Waals surface area contributed by atoms with Gasteiger partial charge in [-0.15, -0.1) is 11.3 Å². The van der Waals surface area contributed by atoms with Crippen molar-refractivity contribution in [2.24, 2.45) is 0 Å². The summed E-state index contributed by atoms with van der Waals surface area (Å²) in [4.78, 5) is 1.42. The minimum absolute atomic E-state index is 0.110. The maximum absolute atomic E-state index is 2.46. The highest BCUT2D eigenvalue weighted by Crippen LogP contribution is 2.55. The SMILES string of the molecule is CCC(C)(C)c1ccc(-[s+]2c3cc4ccccc4cc3c3sc4cc5ccccc5cc4c32)cc1. The molecule has 2 heterocycles. The van der Waals surface area contributed by atoms with Crippen LogP contribution in [0.1, 0.15) is 32.8 Å². The van der Waals surface area contributed by atoms with Gasteiger partial charge in [0.15, 0.2) is 9.60 Å². The second-order valence-electron chi connectivity index (χ2n) is 10.2. The quantitative estimate of drug-likeness (QED) is 0.217. The predicted octanol–water partition coefficient (Wildman–Crippen LogP) is 10.9. The van der Waals surface area contributed by atoms with Crippen molar-refractivity contribution < 1.29 is 0 Å². The highest BCUT2D eigenvalue weighted by molar-refractivity contribution is 7.53. The molecule has 0 radical (unpaired) electrons. The van der Waals surface area contributed by atoms with Crippen LogP contribution in [0.5, 0.6) is 0 Å². The van der Waals surface area contributed by atoms with Gasteiger partial charge in [-0.2, -0.15) is 0 Å². The largest absolute Gasteiger partial charge is 0.206 e. The zero-order valence-electron chi connectivity index (χ0n) is 20.3. The fourth-order valence-electron chi connectivity index (χ4n) is 5.31. The lowest BCUT2D eigenvalue weighted by Crippen LogP contribution is -2.14. The third-order valence-corrected chi connectivity index (χ3v) is 11.5. The van der Waals surface area contributed by atoms with Crippen LogP contribution in [0.15, 0.2) is 97.1 Å². The minimum atomic E-state index is -0.110. The van der Waals surface area contributed by atoms with Crippen LogP contribution in [0.2, 0.25) is 0 Å². The summed E-state index contributed by atoms with van der Waals surface area (Å²) in [7, 11) is -0.110. The van der Waals surface area contributed by atoms with E-state index in [-0.39, 0.29) is 15.9 Å². The third-order valence-electron chi connectivity index (χ3n) is 7.78. The van der Waals surface area contributed by atoms with E-state index in [2.05, 4.69) is 118 Å². The number of fused-ring (bicyclic) bond motifs is 7. The van der Waals surface area contributed by atoms with Crippen molar-refractivity contribution in [1.82, 2.24) is 0 Å². The highest BCUT2D eigenvalue weighted by Gasteiger charge is 2.29. The summed E-state index contributed by atoms with van der Waals surface area (Å²) < 4.78 is 5.84. The average Bonchev–Trinajstić information content (AvgIpc) is 3.39. The summed E-state index contributed by atoms with van der Waals surface area (Å²) in [5, 5.41) is 8.15. The van der Waals surface area contributed by atoms with Crippen LogP contribution in [-0.4, -0.2) is 0 Å². The summed E-state index contributed by atoms with van der Waals surface area (Å²) in [6.07, 6.45) is 1.14. The second-order valence-corrected chi connectivity index (χ2v) is 13.2. The Morgan fingerprint density at radius 1 is 0.686 bits per heavy atom. The molecule has 0 bridgehead atoms. The van der Waals surface area contributed by atoms with Crippen molar-refractivity contribution in [1.29, 1.82) is 0 Å². The van der Waals surface area contributed by atoms with Crippen molar-refractivity contribution in [2.75, 3.05) is 0 Å². The van der Waals surface area contributed by atoms with E-state index in [0.717, 1.165) is 6.42 Å². The molecule has 7 aromatic rings.